The number of rotatable bonds is 8. The molecule has 4 aromatic rings. The van der Waals surface area contributed by atoms with Gasteiger partial charge < -0.3 is 20.1 Å². The molecule has 0 aliphatic carbocycles. The van der Waals surface area contributed by atoms with Crippen LogP contribution in [0.2, 0.25) is 0 Å². The van der Waals surface area contributed by atoms with Gasteiger partial charge in [0, 0.05) is 29.4 Å². The minimum absolute atomic E-state index is 0.178. The molecule has 0 aliphatic heterocycles. The summed E-state index contributed by atoms with van der Waals surface area (Å²) in [6.07, 6.45) is 0. The minimum Gasteiger partial charge on any atom is -0.496 e. The van der Waals surface area contributed by atoms with E-state index in [-0.39, 0.29) is 18.4 Å². The quantitative estimate of drug-likeness (QED) is 0.326. The third-order valence-electron chi connectivity index (χ3n) is 5.34. The van der Waals surface area contributed by atoms with Gasteiger partial charge in [-0.15, -0.1) is 0 Å². The molecule has 6 nitrogen and oxygen atoms in total. The summed E-state index contributed by atoms with van der Waals surface area (Å²) in [5.41, 5.74) is 4.65. The van der Waals surface area contributed by atoms with Crippen LogP contribution >= 0.6 is 0 Å². The molecule has 0 atom stereocenters. The molecule has 0 spiro atoms. The van der Waals surface area contributed by atoms with Gasteiger partial charge >= 0.3 is 0 Å². The number of hydrogen-bond donors (Lipinski definition) is 2. The number of amides is 2. The van der Waals surface area contributed by atoms with Gasteiger partial charge in [0.1, 0.15) is 18.1 Å². The highest BCUT2D eigenvalue weighted by Crippen LogP contribution is 2.26. The van der Waals surface area contributed by atoms with Crippen LogP contribution in [0.5, 0.6) is 11.5 Å². The zero-order valence-electron chi connectivity index (χ0n) is 19.6. The third kappa shape index (κ3) is 6.26. The van der Waals surface area contributed by atoms with Crippen LogP contribution in [0.3, 0.4) is 0 Å². The molecule has 0 fully saturated rings. The summed E-state index contributed by atoms with van der Waals surface area (Å²) in [4.78, 5) is 24.2. The van der Waals surface area contributed by atoms with E-state index < -0.39 is 0 Å². The summed E-state index contributed by atoms with van der Waals surface area (Å²) in [6.45, 7) is 1.68. The highest BCUT2D eigenvalue weighted by molar-refractivity contribution is 6.05. The summed E-state index contributed by atoms with van der Waals surface area (Å²) in [6, 6.07) is 30.2. The molecule has 0 heterocycles. The second kappa shape index (κ2) is 11.0. The molecule has 0 aromatic heterocycles. The lowest BCUT2D eigenvalue weighted by Gasteiger charge is -2.13. The van der Waals surface area contributed by atoms with Crippen LogP contribution in [0.15, 0.2) is 97.1 Å². The second-order valence-electron chi connectivity index (χ2n) is 7.92. The van der Waals surface area contributed by atoms with Crippen molar-refractivity contribution in [2.24, 2.45) is 0 Å². The van der Waals surface area contributed by atoms with Crippen molar-refractivity contribution in [2.45, 2.75) is 13.5 Å². The molecule has 0 radical (unpaired) electrons. The lowest BCUT2D eigenvalue weighted by molar-refractivity contribution is -0.114. The van der Waals surface area contributed by atoms with Gasteiger partial charge in [-0.2, -0.15) is 0 Å². The lowest BCUT2D eigenvalue weighted by atomic mass is 10.1. The molecule has 2 amide bonds. The molecule has 176 valence electrons. The van der Waals surface area contributed by atoms with E-state index in [4.69, 9.17) is 9.47 Å². The molecule has 0 aliphatic rings. The Morgan fingerprint density at radius 2 is 1.43 bits per heavy atom. The molecular weight excluding hydrogens is 440 g/mol. The van der Waals surface area contributed by atoms with Crippen molar-refractivity contribution < 1.29 is 19.1 Å². The maximum atomic E-state index is 12.9. The Morgan fingerprint density at radius 1 is 0.743 bits per heavy atom. The monoisotopic (exact) mass is 466 g/mol. The normalized spacial score (nSPS) is 10.3. The fraction of sp³-hybridized carbons (Fsp3) is 0.103. The summed E-state index contributed by atoms with van der Waals surface area (Å²) in [5, 5.41) is 5.56. The van der Waals surface area contributed by atoms with Gasteiger partial charge in [0.05, 0.1) is 7.11 Å². The van der Waals surface area contributed by atoms with Crippen LogP contribution in [0.1, 0.15) is 22.8 Å². The Kier molecular flexibility index (Phi) is 7.43. The Morgan fingerprint density at radius 3 is 2.11 bits per heavy atom. The van der Waals surface area contributed by atoms with Crippen molar-refractivity contribution >= 4 is 23.2 Å². The number of nitrogens with one attached hydrogen (secondary N) is 2. The van der Waals surface area contributed by atoms with Crippen molar-refractivity contribution in [1.82, 2.24) is 0 Å². The number of hydrogen-bond acceptors (Lipinski definition) is 4. The van der Waals surface area contributed by atoms with Crippen LogP contribution in [0.25, 0.3) is 11.1 Å². The summed E-state index contributed by atoms with van der Waals surface area (Å²) in [7, 11) is 1.58. The second-order valence-corrected chi connectivity index (χ2v) is 7.92. The summed E-state index contributed by atoms with van der Waals surface area (Å²) >= 11 is 0. The van der Waals surface area contributed by atoms with E-state index in [0.717, 1.165) is 22.4 Å². The summed E-state index contributed by atoms with van der Waals surface area (Å²) in [5.74, 6) is 0.899. The Bertz CT molecular complexity index is 1320. The molecule has 35 heavy (non-hydrogen) atoms. The Hall–Kier alpha value is -4.58. The van der Waals surface area contributed by atoms with Crippen LogP contribution < -0.4 is 20.1 Å². The average molecular weight is 467 g/mol. The molecular formula is C29H26N2O4. The zero-order chi connectivity index (χ0) is 24.6. The molecule has 0 saturated heterocycles. The van der Waals surface area contributed by atoms with Crippen LogP contribution in [0, 0.1) is 0 Å². The van der Waals surface area contributed by atoms with Crippen molar-refractivity contribution in [1.29, 1.82) is 0 Å². The first-order chi connectivity index (χ1) is 17.0. The maximum absolute atomic E-state index is 12.9. The van der Waals surface area contributed by atoms with Gasteiger partial charge in [-0.3, -0.25) is 9.59 Å². The number of methoxy groups -OCH3 is 1. The fourth-order valence-electron chi connectivity index (χ4n) is 3.65. The van der Waals surface area contributed by atoms with E-state index >= 15 is 0 Å². The van der Waals surface area contributed by atoms with Gasteiger partial charge in [0.25, 0.3) is 5.91 Å². The summed E-state index contributed by atoms with van der Waals surface area (Å²) < 4.78 is 11.4. The van der Waals surface area contributed by atoms with E-state index in [1.165, 1.54) is 6.92 Å². The predicted octanol–water partition coefficient (Wildman–Crippen LogP) is 6.15. The Balaban J connectivity index is 1.45. The maximum Gasteiger partial charge on any atom is 0.255 e. The molecule has 6 heteroatoms. The fourth-order valence-corrected chi connectivity index (χ4v) is 3.65. The highest BCUT2D eigenvalue weighted by Gasteiger charge is 2.12. The van der Waals surface area contributed by atoms with E-state index in [1.807, 2.05) is 42.5 Å². The van der Waals surface area contributed by atoms with Crippen molar-refractivity contribution in [3.8, 4) is 22.6 Å². The molecule has 0 unspecified atom stereocenters. The number of anilines is 2. The van der Waals surface area contributed by atoms with Crippen LogP contribution in [-0.2, 0) is 11.4 Å². The van der Waals surface area contributed by atoms with Crippen LogP contribution in [-0.4, -0.2) is 18.9 Å². The molecule has 0 saturated carbocycles. The van der Waals surface area contributed by atoms with Crippen molar-refractivity contribution in [2.75, 3.05) is 17.7 Å². The molecule has 4 rings (SSSR count). The van der Waals surface area contributed by atoms with Gasteiger partial charge in [-0.1, -0.05) is 48.5 Å². The first kappa shape index (κ1) is 23.6. The van der Waals surface area contributed by atoms with Gasteiger partial charge in [-0.25, -0.2) is 0 Å². The predicted molar refractivity (Wildman–Crippen MR) is 138 cm³/mol. The lowest BCUT2D eigenvalue weighted by Crippen LogP contribution is -2.13. The van der Waals surface area contributed by atoms with E-state index in [9.17, 15) is 9.59 Å². The van der Waals surface area contributed by atoms with Crippen LogP contribution in [0.4, 0.5) is 11.4 Å². The highest BCUT2D eigenvalue weighted by atomic mass is 16.5. The molecule has 2 N–H and O–H groups in total. The SMILES string of the molecule is COc1ccc(C(=O)Nc2cccc(NC(C)=O)c2)cc1COc1ccc(-c2ccccc2)cc1. The van der Waals surface area contributed by atoms with Gasteiger partial charge in [0.15, 0.2) is 0 Å². The number of carbonyl (C=O) groups is 2. The van der Waals surface area contributed by atoms with E-state index in [0.29, 0.717) is 22.7 Å². The third-order valence-corrected chi connectivity index (χ3v) is 5.34. The van der Waals surface area contributed by atoms with Crippen molar-refractivity contribution in [3.05, 3.63) is 108 Å². The minimum atomic E-state index is -0.277. The Labute approximate surface area is 204 Å². The average Bonchev–Trinajstić information content (AvgIpc) is 2.88. The standard InChI is InChI=1S/C29H26N2O4/c1-20(32)30-25-9-6-10-26(18-25)31-29(33)23-13-16-28(34-2)24(17-23)19-35-27-14-11-22(12-15-27)21-7-4-3-5-8-21/h3-18H,19H2,1-2H3,(H,30,32)(H,31,33). The van der Waals surface area contributed by atoms with E-state index in [2.05, 4.69) is 22.8 Å². The number of benzene rings is 4. The largest absolute Gasteiger partial charge is 0.496 e. The molecule has 0 bridgehead atoms. The van der Waals surface area contributed by atoms with Gasteiger partial charge in [-0.05, 0) is 59.7 Å². The number of ether oxygens (including phenoxy) is 2. The first-order valence-electron chi connectivity index (χ1n) is 11.2. The molecule has 4 aromatic carbocycles. The smallest absolute Gasteiger partial charge is 0.255 e. The zero-order valence-corrected chi connectivity index (χ0v) is 19.6. The van der Waals surface area contributed by atoms with Crippen molar-refractivity contribution in [3.63, 3.8) is 0 Å². The topological polar surface area (TPSA) is 76.7 Å². The van der Waals surface area contributed by atoms with E-state index in [1.54, 1.807) is 49.6 Å². The number of carbonyl (C=O) groups excluding carboxylic acids is 2. The first-order valence-corrected chi connectivity index (χ1v) is 11.2. The van der Waals surface area contributed by atoms with Gasteiger partial charge in [0.2, 0.25) is 5.91 Å².